The molecule has 0 unspecified atom stereocenters. The summed E-state index contributed by atoms with van der Waals surface area (Å²) in [6.07, 6.45) is 1.41. The van der Waals surface area contributed by atoms with E-state index in [1.165, 1.54) is 6.08 Å². The Morgan fingerprint density at radius 1 is 1.06 bits per heavy atom. The zero-order valence-corrected chi connectivity index (χ0v) is 19.9. The lowest BCUT2D eigenvalue weighted by Crippen LogP contribution is -2.20. The second-order valence-electron chi connectivity index (χ2n) is 7.02. The number of anilines is 2. The second-order valence-corrected chi connectivity index (χ2v) is 8.37. The SMILES string of the molecule is Cc1cccc(NC(=O)COc2ccc(Br)cc2/C=C(\C#N)C(=O)Nc2ccc(Cl)cc2)c1. The maximum absolute atomic E-state index is 12.6. The van der Waals surface area contributed by atoms with Gasteiger partial charge in [-0.05, 0) is 73.2 Å². The van der Waals surface area contributed by atoms with Crippen LogP contribution in [0.15, 0.2) is 76.8 Å². The van der Waals surface area contributed by atoms with E-state index in [0.717, 1.165) is 10.0 Å². The van der Waals surface area contributed by atoms with Gasteiger partial charge in [-0.1, -0.05) is 39.7 Å². The molecule has 0 radical (unpaired) electrons. The van der Waals surface area contributed by atoms with Crippen LogP contribution < -0.4 is 15.4 Å². The summed E-state index contributed by atoms with van der Waals surface area (Å²) in [7, 11) is 0. The molecule has 0 bridgehead atoms. The summed E-state index contributed by atoms with van der Waals surface area (Å²) in [5.74, 6) is -0.563. The maximum Gasteiger partial charge on any atom is 0.266 e. The summed E-state index contributed by atoms with van der Waals surface area (Å²) in [6.45, 7) is 1.69. The Labute approximate surface area is 205 Å². The Morgan fingerprint density at radius 2 is 1.82 bits per heavy atom. The third-order valence-electron chi connectivity index (χ3n) is 4.40. The molecule has 2 N–H and O–H groups in total. The quantitative estimate of drug-likeness (QED) is 0.294. The van der Waals surface area contributed by atoms with Gasteiger partial charge in [0.2, 0.25) is 0 Å². The highest BCUT2D eigenvalue weighted by molar-refractivity contribution is 9.10. The highest BCUT2D eigenvalue weighted by atomic mass is 79.9. The van der Waals surface area contributed by atoms with Crippen LogP contribution in [0.5, 0.6) is 5.75 Å². The summed E-state index contributed by atoms with van der Waals surface area (Å²) in [6, 6.07) is 21.0. The molecule has 166 valence electrons. The number of halogens is 2. The lowest BCUT2D eigenvalue weighted by atomic mass is 10.1. The van der Waals surface area contributed by atoms with E-state index in [0.29, 0.717) is 27.7 Å². The molecule has 8 heteroatoms. The first kappa shape index (κ1) is 24.1. The van der Waals surface area contributed by atoms with Crippen LogP contribution in [0, 0.1) is 18.3 Å². The number of benzene rings is 3. The number of nitriles is 1. The Balaban J connectivity index is 1.74. The van der Waals surface area contributed by atoms with Crippen molar-refractivity contribution < 1.29 is 14.3 Å². The summed E-state index contributed by atoms with van der Waals surface area (Å²) in [5.41, 5.74) is 2.54. The third-order valence-corrected chi connectivity index (χ3v) is 5.14. The lowest BCUT2D eigenvalue weighted by molar-refractivity contribution is -0.118. The van der Waals surface area contributed by atoms with Crippen molar-refractivity contribution in [1.82, 2.24) is 0 Å². The normalized spacial score (nSPS) is 10.8. The van der Waals surface area contributed by atoms with Gasteiger partial charge >= 0.3 is 0 Å². The molecule has 0 aliphatic carbocycles. The molecule has 0 aliphatic rings. The topological polar surface area (TPSA) is 91.2 Å². The number of rotatable bonds is 7. The number of amides is 2. The average Bonchev–Trinajstić information content (AvgIpc) is 2.78. The van der Waals surface area contributed by atoms with Crippen molar-refractivity contribution in [3.05, 3.63) is 92.9 Å². The number of carbonyl (C=O) groups excluding carboxylic acids is 2. The van der Waals surface area contributed by atoms with E-state index in [1.54, 1.807) is 48.5 Å². The highest BCUT2D eigenvalue weighted by Crippen LogP contribution is 2.26. The summed E-state index contributed by atoms with van der Waals surface area (Å²) in [5, 5.41) is 15.5. The summed E-state index contributed by atoms with van der Waals surface area (Å²) in [4.78, 5) is 24.9. The van der Waals surface area contributed by atoms with E-state index < -0.39 is 5.91 Å². The summed E-state index contributed by atoms with van der Waals surface area (Å²) >= 11 is 9.24. The van der Waals surface area contributed by atoms with Crippen molar-refractivity contribution in [2.75, 3.05) is 17.2 Å². The number of ether oxygens (including phenoxy) is 1. The second kappa shape index (κ2) is 11.3. The Hall–Kier alpha value is -3.60. The van der Waals surface area contributed by atoms with Crippen LogP contribution in [-0.4, -0.2) is 18.4 Å². The number of nitrogens with zero attached hydrogens (tertiary/aromatic N) is 1. The van der Waals surface area contributed by atoms with Gasteiger partial charge in [0.15, 0.2) is 6.61 Å². The van der Waals surface area contributed by atoms with E-state index >= 15 is 0 Å². The van der Waals surface area contributed by atoms with Gasteiger partial charge in [-0.15, -0.1) is 0 Å². The molecule has 2 amide bonds. The van der Waals surface area contributed by atoms with Gasteiger partial charge in [0, 0.05) is 26.4 Å². The monoisotopic (exact) mass is 523 g/mol. The first-order valence-corrected chi connectivity index (χ1v) is 11.0. The first-order chi connectivity index (χ1) is 15.8. The number of nitrogens with one attached hydrogen (secondary N) is 2. The molecule has 0 saturated carbocycles. The Morgan fingerprint density at radius 3 is 2.52 bits per heavy atom. The third kappa shape index (κ3) is 7.21. The van der Waals surface area contributed by atoms with E-state index in [2.05, 4.69) is 26.6 Å². The fourth-order valence-electron chi connectivity index (χ4n) is 2.86. The molecule has 33 heavy (non-hydrogen) atoms. The molecule has 0 fully saturated rings. The standard InChI is InChI=1S/C25H19BrClN3O3/c1-16-3-2-4-22(11-16)29-24(31)15-33-23-10-5-19(26)13-17(23)12-18(14-28)25(32)30-21-8-6-20(27)7-9-21/h2-13H,15H2,1H3,(H,29,31)(H,30,32)/b18-12+. The number of carbonyl (C=O) groups is 2. The highest BCUT2D eigenvalue weighted by Gasteiger charge is 2.13. The van der Waals surface area contributed by atoms with Gasteiger partial charge in [-0.2, -0.15) is 5.26 Å². The zero-order chi connectivity index (χ0) is 23.8. The molecule has 0 aliphatic heterocycles. The molecular formula is C25H19BrClN3O3. The van der Waals surface area contributed by atoms with Gasteiger partial charge in [0.05, 0.1) is 0 Å². The molecule has 0 saturated heterocycles. The minimum atomic E-state index is -0.581. The summed E-state index contributed by atoms with van der Waals surface area (Å²) < 4.78 is 6.40. The van der Waals surface area contributed by atoms with Crippen molar-refractivity contribution in [1.29, 1.82) is 5.26 Å². The van der Waals surface area contributed by atoms with Crippen LogP contribution in [-0.2, 0) is 9.59 Å². The van der Waals surface area contributed by atoms with Crippen LogP contribution in [0.1, 0.15) is 11.1 Å². The molecule has 0 atom stereocenters. The predicted octanol–water partition coefficient (Wildman–Crippen LogP) is 5.97. The molecule has 3 rings (SSSR count). The molecule has 6 nitrogen and oxygen atoms in total. The molecule has 3 aromatic carbocycles. The fraction of sp³-hybridized carbons (Fsp3) is 0.0800. The van der Waals surface area contributed by atoms with Crippen LogP contribution in [0.25, 0.3) is 6.08 Å². The van der Waals surface area contributed by atoms with Crippen molar-refractivity contribution in [2.24, 2.45) is 0 Å². The average molecular weight is 525 g/mol. The molecule has 0 spiro atoms. The zero-order valence-electron chi connectivity index (χ0n) is 17.6. The largest absolute Gasteiger partial charge is 0.483 e. The van der Waals surface area contributed by atoms with Crippen LogP contribution >= 0.6 is 27.5 Å². The Bertz CT molecular complexity index is 1250. The minimum Gasteiger partial charge on any atom is -0.483 e. The van der Waals surface area contributed by atoms with Crippen molar-refractivity contribution in [3.8, 4) is 11.8 Å². The van der Waals surface area contributed by atoms with E-state index in [1.807, 2.05) is 31.2 Å². The number of hydrogen-bond donors (Lipinski definition) is 2. The molecule has 0 heterocycles. The lowest BCUT2D eigenvalue weighted by Gasteiger charge is -2.11. The number of hydrogen-bond acceptors (Lipinski definition) is 4. The van der Waals surface area contributed by atoms with E-state index in [-0.39, 0.29) is 18.1 Å². The van der Waals surface area contributed by atoms with Gasteiger partial charge in [0.25, 0.3) is 11.8 Å². The Kier molecular flexibility index (Phi) is 8.25. The maximum atomic E-state index is 12.6. The van der Waals surface area contributed by atoms with Gasteiger partial charge in [-0.25, -0.2) is 0 Å². The molecule has 0 aromatic heterocycles. The fourth-order valence-corrected chi connectivity index (χ4v) is 3.37. The molecule has 3 aromatic rings. The van der Waals surface area contributed by atoms with Crippen molar-refractivity contribution in [3.63, 3.8) is 0 Å². The van der Waals surface area contributed by atoms with Crippen LogP contribution in [0.2, 0.25) is 5.02 Å². The van der Waals surface area contributed by atoms with Crippen LogP contribution in [0.4, 0.5) is 11.4 Å². The first-order valence-electron chi connectivity index (χ1n) is 9.81. The molecular weight excluding hydrogens is 506 g/mol. The van der Waals surface area contributed by atoms with E-state index in [9.17, 15) is 14.9 Å². The van der Waals surface area contributed by atoms with Gasteiger partial charge in [0.1, 0.15) is 17.4 Å². The van der Waals surface area contributed by atoms with Crippen molar-refractivity contribution in [2.45, 2.75) is 6.92 Å². The smallest absolute Gasteiger partial charge is 0.266 e. The van der Waals surface area contributed by atoms with Crippen molar-refractivity contribution >= 4 is 56.8 Å². The number of aryl methyl sites for hydroxylation is 1. The van der Waals surface area contributed by atoms with Crippen LogP contribution in [0.3, 0.4) is 0 Å². The minimum absolute atomic E-state index is 0.128. The van der Waals surface area contributed by atoms with Gasteiger partial charge in [-0.3, -0.25) is 9.59 Å². The predicted molar refractivity (Wildman–Crippen MR) is 133 cm³/mol. The van der Waals surface area contributed by atoms with E-state index in [4.69, 9.17) is 16.3 Å². The van der Waals surface area contributed by atoms with Gasteiger partial charge < -0.3 is 15.4 Å².